The Labute approximate surface area is 148 Å². The van der Waals surface area contributed by atoms with E-state index in [0.29, 0.717) is 12.2 Å². The molecule has 25 heavy (non-hydrogen) atoms. The minimum atomic E-state index is -0.259. The number of aromatic nitrogens is 1. The molecule has 2 aromatic carbocycles. The van der Waals surface area contributed by atoms with Crippen molar-refractivity contribution in [3.63, 3.8) is 0 Å². The molecule has 0 spiro atoms. The molecule has 3 aromatic rings. The Morgan fingerprint density at radius 2 is 1.72 bits per heavy atom. The van der Waals surface area contributed by atoms with E-state index >= 15 is 0 Å². The van der Waals surface area contributed by atoms with Gasteiger partial charge in [0.2, 0.25) is 0 Å². The number of hydrogen-bond acceptors (Lipinski definition) is 4. The molecule has 0 fully saturated rings. The lowest BCUT2D eigenvalue weighted by molar-refractivity contribution is 0.0499. The molecule has 128 valence electrons. The van der Waals surface area contributed by atoms with Gasteiger partial charge in [0.05, 0.1) is 17.7 Å². The van der Waals surface area contributed by atoms with Crippen LogP contribution in [0.25, 0.3) is 10.9 Å². The maximum Gasteiger partial charge on any atom is 0.338 e. The maximum atomic E-state index is 11.8. The Hall–Kier alpha value is -2.88. The second-order valence-electron chi connectivity index (χ2n) is 5.99. The third-order valence-corrected chi connectivity index (χ3v) is 4.11. The lowest BCUT2D eigenvalue weighted by Gasteiger charge is -2.18. The second-order valence-corrected chi connectivity index (χ2v) is 5.99. The van der Waals surface area contributed by atoms with Gasteiger partial charge in [0.25, 0.3) is 0 Å². The first-order valence-electron chi connectivity index (χ1n) is 8.53. The second kappa shape index (κ2) is 8.29. The molecule has 0 atom stereocenters. The van der Waals surface area contributed by atoms with Crippen LogP contribution >= 0.6 is 0 Å². The molecular weight excluding hydrogens is 312 g/mol. The average molecular weight is 334 g/mol. The third-order valence-electron chi connectivity index (χ3n) is 4.11. The standard InChI is InChI=1S/C21H22N2O2/c1-23(20-14-13-17-9-5-6-12-19(17)22-20)15-7-8-16-25-21(24)18-10-3-2-4-11-18/h2-6,9-14H,7-8,15-16H2,1H3. The van der Waals surface area contributed by atoms with Crippen LogP contribution in [0, 0.1) is 0 Å². The van der Waals surface area contributed by atoms with Crippen LogP contribution in [-0.2, 0) is 4.74 Å². The molecule has 0 amide bonds. The van der Waals surface area contributed by atoms with Crippen LogP contribution in [0.2, 0.25) is 0 Å². The number of pyridine rings is 1. The van der Waals surface area contributed by atoms with Crippen molar-refractivity contribution in [3.8, 4) is 0 Å². The van der Waals surface area contributed by atoms with Gasteiger partial charge in [0, 0.05) is 19.0 Å². The van der Waals surface area contributed by atoms with E-state index in [2.05, 4.69) is 22.0 Å². The van der Waals surface area contributed by atoms with Crippen molar-refractivity contribution in [2.24, 2.45) is 0 Å². The molecule has 0 saturated carbocycles. The van der Waals surface area contributed by atoms with Gasteiger partial charge in [0.1, 0.15) is 5.82 Å². The predicted molar refractivity (Wildman–Crippen MR) is 101 cm³/mol. The molecule has 0 aliphatic heterocycles. The quantitative estimate of drug-likeness (QED) is 0.477. The van der Waals surface area contributed by atoms with Gasteiger partial charge >= 0.3 is 5.97 Å². The molecule has 0 aliphatic rings. The van der Waals surface area contributed by atoms with Crippen LogP contribution < -0.4 is 4.90 Å². The molecule has 0 radical (unpaired) electrons. The van der Waals surface area contributed by atoms with Gasteiger partial charge in [-0.05, 0) is 43.2 Å². The molecule has 0 saturated heterocycles. The molecule has 3 rings (SSSR count). The fourth-order valence-electron chi connectivity index (χ4n) is 2.66. The van der Waals surface area contributed by atoms with E-state index in [4.69, 9.17) is 4.74 Å². The number of fused-ring (bicyclic) bond motifs is 1. The van der Waals surface area contributed by atoms with E-state index < -0.39 is 0 Å². The first-order chi connectivity index (χ1) is 12.2. The summed E-state index contributed by atoms with van der Waals surface area (Å²) in [7, 11) is 2.03. The first kappa shape index (κ1) is 17.0. The van der Waals surface area contributed by atoms with Crippen molar-refractivity contribution in [2.45, 2.75) is 12.8 Å². The fourth-order valence-corrected chi connectivity index (χ4v) is 2.66. The number of carbonyl (C=O) groups is 1. The van der Waals surface area contributed by atoms with E-state index in [0.717, 1.165) is 36.1 Å². The Bertz CT molecular complexity index is 833. The monoisotopic (exact) mass is 334 g/mol. The van der Waals surface area contributed by atoms with Crippen molar-refractivity contribution >= 4 is 22.7 Å². The average Bonchev–Trinajstić information content (AvgIpc) is 2.67. The highest BCUT2D eigenvalue weighted by atomic mass is 16.5. The summed E-state index contributed by atoms with van der Waals surface area (Å²) in [6, 6.07) is 21.3. The lowest BCUT2D eigenvalue weighted by Crippen LogP contribution is -2.20. The molecule has 0 N–H and O–H groups in total. The lowest BCUT2D eigenvalue weighted by atomic mass is 10.2. The van der Waals surface area contributed by atoms with Gasteiger partial charge in [0.15, 0.2) is 0 Å². The van der Waals surface area contributed by atoms with E-state index in [-0.39, 0.29) is 5.97 Å². The van der Waals surface area contributed by atoms with Crippen LogP contribution in [0.3, 0.4) is 0 Å². The summed E-state index contributed by atoms with van der Waals surface area (Å²) in [6.45, 7) is 1.31. The number of esters is 1. The highest BCUT2D eigenvalue weighted by molar-refractivity contribution is 5.89. The summed E-state index contributed by atoms with van der Waals surface area (Å²) in [6.07, 6.45) is 1.77. The summed E-state index contributed by atoms with van der Waals surface area (Å²) in [5.74, 6) is 0.699. The molecular formula is C21H22N2O2. The minimum absolute atomic E-state index is 0.259. The third kappa shape index (κ3) is 4.57. The van der Waals surface area contributed by atoms with Crippen molar-refractivity contribution in [1.29, 1.82) is 0 Å². The van der Waals surface area contributed by atoms with Crippen LogP contribution in [-0.4, -0.2) is 31.2 Å². The summed E-state index contributed by atoms with van der Waals surface area (Å²) in [5, 5.41) is 1.15. The molecule has 4 heteroatoms. The van der Waals surface area contributed by atoms with Crippen LogP contribution in [0.1, 0.15) is 23.2 Å². The van der Waals surface area contributed by atoms with Gasteiger partial charge in [-0.3, -0.25) is 0 Å². The fraction of sp³-hybridized carbons (Fsp3) is 0.238. The number of para-hydroxylation sites is 1. The molecule has 0 aliphatic carbocycles. The largest absolute Gasteiger partial charge is 0.462 e. The first-order valence-corrected chi connectivity index (χ1v) is 8.53. The number of benzene rings is 2. The Kier molecular flexibility index (Phi) is 5.62. The van der Waals surface area contributed by atoms with Crippen molar-refractivity contribution in [1.82, 2.24) is 4.98 Å². The molecule has 4 nitrogen and oxygen atoms in total. The van der Waals surface area contributed by atoms with Gasteiger partial charge in [-0.2, -0.15) is 0 Å². The minimum Gasteiger partial charge on any atom is -0.462 e. The zero-order valence-electron chi connectivity index (χ0n) is 14.4. The van der Waals surface area contributed by atoms with E-state index in [9.17, 15) is 4.79 Å². The number of ether oxygens (including phenoxy) is 1. The molecule has 0 bridgehead atoms. The van der Waals surface area contributed by atoms with Gasteiger partial charge < -0.3 is 9.64 Å². The number of rotatable bonds is 7. The van der Waals surface area contributed by atoms with E-state index in [1.54, 1.807) is 12.1 Å². The Morgan fingerprint density at radius 1 is 0.960 bits per heavy atom. The molecule has 0 unspecified atom stereocenters. The summed E-state index contributed by atoms with van der Waals surface area (Å²) in [5.41, 5.74) is 1.60. The predicted octanol–water partition coefficient (Wildman–Crippen LogP) is 4.31. The molecule has 1 aromatic heterocycles. The highest BCUT2D eigenvalue weighted by Crippen LogP contribution is 2.17. The van der Waals surface area contributed by atoms with Gasteiger partial charge in [-0.25, -0.2) is 9.78 Å². The summed E-state index contributed by atoms with van der Waals surface area (Å²) < 4.78 is 5.30. The Balaban J connectivity index is 1.43. The van der Waals surface area contributed by atoms with E-state index in [1.807, 2.05) is 49.5 Å². The molecule has 1 heterocycles. The highest BCUT2D eigenvalue weighted by Gasteiger charge is 2.06. The smallest absolute Gasteiger partial charge is 0.338 e. The van der Waals surface area contributed by atoms with Crippen LogP contribution in [0.4, 0.5) is 5.82 Å². The van der Waals surface area contributed by atoms with Gasteiger partial charge in [-0.1, -0.05) is 36.4 Å². The summed E-state index contributed by atoms with van der Waals surface area (Å²) >= 11 is 0. The number of nitrogens with zero attached hydrogens (tertiary/aromatic N) is 2. The normalized spacial score (nSPS) is 10.6. The SMILES string of the molecule is CN(CCCCOC(=O)c1ccccc1)c1ccc2ccccc2n1. The van der Waals surface area contributed by atoms with Crippen molar-refractivity contribution in [2.75, 3.05) is 25.1 Å². The number of unbranched alkanes of at least 4 members (excludes halogenated alkanes) is 1. The summed E-state index contributed by atoms with van der Waals surface area (Å²) in [4.78, 5) is 18.7. The van der Waals surface area contributed by atoms with Crippen molar-refractivity contribution in [3.05, 3.63) is 72.3 Å². The van der Waals surface area contributed by atoms with Crippen LogP contribution in [0.5, 0.6) is 0 Å². The maximum absolute atomic E-state index is 11.8. The number of carbonyl (C=O) groups excluding carboxylic acids is 1. The zero-order valence-corrected chi connectivity index (χ0v) is 14.4. The number of anilines is 1. The topological polar surface area (TPSA) is 42.4 Å². The number of hydrogen-bond donors (Lipinski definition) is 0. The Morgan fingerprint density at radius 3 is 2.56 bits per heavy atom. The van der Waals surface area contributed by atoms with E-state index in [1.165, 1.54) is 0 Å². The van der Waals surface area contributed by atoms with Crippen molar-refractivity contribution < 1.29 is 9.53 Å². The van der Waals surface area contributed by atoms with Crippen LogP contribution in [0.15, 0.2) is 66.7 Å². The zero-order chi connectivity index (χ0) is 17.5. The van der Waals surface area contributed by atoms with Gasteiger partial charge in [-0.15, -0.1) is 0 Å².